The van der Waals surface area contributed by atoms with Crippen LogP contribution in [0.5, 0.6) is 5.75 Å². The van der Waals surface area contributed by atoms with E-state index in [-0.39, 0.29) is 25.1 Å². The zero-order chi connectivity index (χ0) is 21.4. The molecule has 2 heterocycles. The van der Waals surface area contributed by atoms with Crippen LogP contribution in [0.2, 0.25) is 0 Å². The van der Waals surface area contributed by atoms with Crippen molar-refractivity contribution in [1.82, 2.24) is 19.7 Å². The zero-order valence-electron chi connectivity index (χ0n) is 16.8. The number of amides is 1. The van der Waals surface area contributed by atoms with Gasteiger partial charge in [0.25, 0.3) is 0 Å². The number of carbonyl (C=O) groups excluding carboxylic acids is 1. The summed E-state index contributed by atoms with van der Waals surface area (Å²) in [5.74, 6) is -0.375. The second-order valence-corrected chi connectivity index (χ2v) is 7.34. The molecule has 0 unspecified atom stereocenters. The van der Waals surface area contributed by atoms with Gasteiger partial charge in [-0.2, -0.15) is 4.98 Å². The van der Waals surface area contributed by atoms with Crippen LogP contribution >= 0.6 is 0 Å². The van der Waals surface area contributed by atoms with E-state index in [0.717, 1.165) is 22.9 Å². The number of likely N-dealkylation sites (tertiary alicyclic amines) is 1. The molecule has 1 aromatic heterocycles. The fourth-order valence-electron chi connectivity index (χ4n) is 3.22. The van der Waals surface area contributed by atoms with E-state index in [9.17, 15) is 13.6 Å². The summed E-state index contributed by atoms with van der Waals surface area (Å²) < 4.78 is 34.2. The summed E-state index contributed by atoms with van der Waals surface area (Å²) in [5, 5.41) is 7.39. The Morgan fingerprint density at radius 2 is 1.87 bits per heavy atom. The Labute approximate surface area is 173 Å². The summed E-state index contributed by atoms with van der Waals surface area (Å²) in [6.45, 7) is 6.61. The number of halogens is 2. The van der Waals surface area contributed by atoms with E-state index in [0.29, 0.717) is 18.8 Å². The molecule has 9 heteroatoms. The third-order valence-electron chi connectivity index (χ3n) is 5.09. The quantitative estimate of drug-likeness (QED) is 0.687. The predicted octanol–water partition coefficient (Wildman–Crippen LogP) is 3.76. The number of aromatic nitrogens is 3. The first-order valence-electron chi connectivity index (χ1n) is 9.47. The lowest BCUT2D eigenvalue weighted by atomic mass is 10.1. The smallest absolute Gasteiger partial charge is 0.246 e. The number of hydrogen-bond donors (Lipinski definition) is 1. The highest BCUT2D eigenvalue weighted by Crippen LogP contribution is 2.29. The van der Waals surface area contributed by atoms with Crippen molar-refractivity contribution in [2.24, 2.45) is 0 Å². The fourth-order valence-corrected chi connectivity index (χ4v) is 3.22. The molecule has 1 aliphatic heterocycles. The van der Waals surface area contributed by atoms with E-state index in [1.807, 2.05) is 26.0 Å². The number of benzene rings is 2. The standard InChI is InChI=1S/C21H21F2N5O2.H2/c1-12-4-18(30-19-9-27(10-19)14(3)29)8-20(13(12)2)25-21-24-11-28(26-21)17-6-15(22)5-16(23)7-17;/h4-8,11,19H,9-10H2,1-3H3,(H,25,26);1H. The molecule has 2 aromatic carbocycles. The van der Waals surface area contributed by atoms with E-state index in [2.05, 4.69) is 15.4 Å². The zero-order valence-corrected chi connectivity index (χ0v) is 16.8. The third-order valence-corrected chi connectivity index (χ3v) is 5.09. The van der Waals surface area contributed by atoms with Crippen molar-refractivity contribution < 1.29 is 19.7 Å². The largest absolute Gasteiger partial charge is 0.487 e. The van der Waals surface area contributed by atoms with Crippen LogP contribution in [0.1, 0.15) is 19.5 Å². The van der Waals surface area contributed by atoms with Crippen LogP contribution in [-0.4, -0.2) is 44.8 Å². The highest BCUT2D eigenvalue weighted by Gasteiger charge is 2.30. The van der Waals surface area contributed by atoms with Gasteiger partial charge in [0, 0.05) is 26.2 Å². The van der Waals surface area contributed by atoms with Crippen molar-refractivity contribution in [1.29, 1.82) is 0 Å². The number of nitrogens with zero attached hydrogens (tertiary/aromatic N) is 4. The first-order valence-corrected chi connectivity index (χ1v) is 9.47. The van der Waals surface area contributed by atoms with E-state index in [4.69, 9.17) is 4.74 Å². The number of rotatable bonds is 5. The summed E-state index contributed by atoms with van der Waals surface area (Å²) in [6.07, 6.45) is 1.34. The summed E-state index contributed by atoms with van der Waals surface area (Å²) in [5.41, 5.74) is 3.01. The Morgan fingerprint density at radius 3 is 2.53 bits per heavy atom. The Balaban J connectivity index is 0.00000272. The molecule has 7 nitrogen and oxygen atoms in total. The van der Waals surface area contributed by atoms with Gasteiger partial charge in [0.1, 0.15) is 29.8 Å². The molecule has 0 aliphatic carbocycles. The van der Waals surface area contributed by atoms with Crippen LogP contribution in [0.25, 0.3) is 5.69 Å². The van der Waals surface area contributed by atoms with E-state index >= 15 is 0 Å². The third kappa shape index (κ3) is 4.10. The van der Waals surface area contributed by atoms with Gasteiger partial charge in [-0.25, -0.2) is 13.5 Å². The van der Waals surface area contributed by atoms with Gasteiger partial charge in [0.05, 0.1) is 18.8 Å². The number of nitrogens with one attached hydrogen (secondary N) is 1. The van der Waals surface area contributed by atoms with Crippen molar-refractivity contribution in [3.63, 3.8) is 0 Å². The lowest BCUT2D eigenvalue weighted by Gasteiger charge is -2.38. The first-order chi connectivity index (χ1) is 14.3. The number of carbonyl (C=O) groups is 1. The molecule has 3 aromatic rings. The predicted molar refractivity (Wildman–Crippen MR) is 109 cm³/mol. The van der Waals surface area contributed by atoms with Crippen LogP contribution < -0.4 is 10.1 Å². The molecule has 0 atom stereocenters. The minimum atomic E-state index is -0.689. The second kappa shape index (κ2) is 7.74. The lowest BCUT2D eigenvalue weighted by Crippen LogP contribution is -2.55. The highest BCUT2D eigenvalue weighted by molar-refractivity contribution is 5.74. The minimum Gasteiger partial charge on any atom is -0.487 e. The van der Waals surface area contributed by atoms with Gasteiger partial charge in [0.2, 0.25) is 11.9 Å². The lowest BCUT2D eigenvalue weighted by molar-refractivity contribution is -0.137. The molecular formula is C21H23F2N5O2. The van der Waals surface area contributed by atoms with Crippen molar-refractivity contribution >= 4 is 17.5 Å². The van der Waals surface area contributed by atoms with Gasteiger partial charge in [-0.15, -0.1) is 5.10 Å². The van der Waals surface area contributed by atoms with Crippen molar-refractivity contribution in [2.45, 2.75) is 26.9 Å². The molecule has 1 saturated heterocycles. The Hall–Kier alpha value is -3.49. The minimum absolute atomic E-state index is 0. The Bertz CT molecular complexity index is 1090. The molecule has 1 aliphatic rings. The van der Waals surface area contributed by atoms with E-state index in [1.54, 1.807) is 11.8 Å². The Morgan fingerprint density at radius 1 is 1.17 bits per heavy atom. The van der Waals surface area contributed by atoms with Crippen LogP contribution in [0.15, 0.2) is 36.7 Å². The van der Waals surface area contributed by atoms with Gasteiger partial charge in [-0.1, -0.05) is 0 Å². The summed E-state index contributed by atoms with van der Waals surface area (Å²) in [4.78, 5) is 17.2. The van der Waals surface area contributed by atoms with Crippen LogP contribution in [0.3, 0.4) is 0 Å². The molecular weight excluding hydrogens is 392 g/mol. The average molecular weight is 415 g/mol. The highest BCUT2D eigenvalue weighted by atomic mass is 19.1. The maximum atomic E-state index is 13.5. The average Bonchev–Trinajstić information content (AvgIpc) is 3.09. The number of anilines is 2. The van der Waals surface area contributed by atoms with Gasteiger partial charge >= 0.3 is 0 Å². The van der Waals surface area contributed by atoms with Crippen molar-refractivity contribution in [2.75, 3.05) is 18.4 Å². The summed E-state index contributed by atoms with van der Waals surface area (Å²) >= 11 is 0. The normalized spacial score (nSPS) is 13.8. The molecule has 30 heavy (non-hydrogen) atoms. The van der Waals surface area contributed by atoms with Gasteiger partial charge in [-0.05, 0) is 43.2 Å². The molecule has 1 N–H and O–H groups in total. The van der Waals surface area contributed by atoms with Crippen LogP contribution in [0, 0.1) is 25.5 Å². The van der Waals surface area contributed by atoms with Crippen LogP contribution in [0.4, 0.5) is 20.4 Å². The van der Waals surface area contributed by atoms with E-state index in [1.165, 1.54) is 23.1 Å². The molecule has 0 spiro atoms. The molecule has 1 amide bonds. The van der Waals surface area contributed by atoms with E-state index < -0.39 is 11.6 Å². The number of aryl methyl sites for hydroxylation is 1. The molecule has 0 radical (unpaired) electrons. The number of hydrogen-bond acceptors (Lipinski definition) is 5. The maximum Gasteiger partial charge on any atom is 0.246 e. The topological polar surface area (TPSA) is 72.3 Å². The molecule has 4 rings (SSSR count). The van der Waals surface area contributed by atoms with Gasteiger partial charge in [-0.3, -0.25) is 4.79 Å². The van der Waals surface area contributed by atoms with Gasteiger partial charge in [0.15, 0.2) is 0 Å². The monoisotopic (exact) mass is 415 g/mol. The van der Waals surface area contributed by atoms with Crippen molar-refractivity contribution in [3.8, 4) is 11.4 Å². The van der Waals surface area contributed by atoms with Crippen LogP contribution in [-0.2, 0) is 4.79 Å². The molecule has 158 valence electrons. The number of ether oxygens (including phenoxy) is 1. The Kier molecular flexibility index (Phi) is 5.11. The van der Waals surface area contributed by atoms with Crippen molar-refractivity contribution in [3.05, 3.63) is 59.4 Å². The first kappa shape index (κ1) is 19.8. The molecule has 0 bridgehead atoms. The molecule has 1 fully saturated rings. The maximum absolute atomic E-state index is 13.5. The summed E-state index contributed by atoms with van der Waals surface area (Å²) in [6, 6.07) is 6.94. The fraction of sp³-hybridized carbons (Fsp3) is 0.286. The SMILES string of the molecule is CC(=O)N1CC(Oc2cc(C)c(C)c(Nc3ncn(-c4cc(F)cc(F)c4)n3)c2)C1.[HH]. The van der Waals surface area contributed by atoms with Gasteiger partial charge < -0.3 is 15.0 Å². The summed E-state index contributed by atoms with van der Waals surface area (Å²) in [7, 11) is 0. The second-order valence-electron chi connectivity index (χ2n) is 7.34. The molecule has 0 saturated carbocycles.